The maximum atomic E-state index is 13.5. The maximum absolute atomic E-state index is 13.5. The molecule has 0 spiro atoms. The highest BCUT2D eigenvalue weighted by molar-refractivity contribution is 6.30. The van der Waals surface area contributed by atoms with E-state index in [9.17, 15) is 32.3 Å². The van der Waals surface area contributed by atoms with E-state index < -0.39 is 53.3 Å². The van der Waals surface area contributed by atoms with Crippen molar-refractivity contribution in [3.63, 3.8) is 0 Å². The molecule has 3 fully saturated rings. The maximum Gasteiger partial charge on any atom is 0.433 e. The van der Waals surface area contributed by atoms with Gasteiger partial charge >= 0.3 is 6.18 Å². The van der Waals surface area contributed by atoms with Crippen LogP contribution in [-0.4, -0.2) is 52.3 Å². The minimum Gasteiger partial charge on any atom is -0.484 e. The molecule has 37 heavy (non-hydrogen) atoms. The van der Waals surface area contributed by atoms with Crippen molar-refractivity contribution in [2.75, 3.05) is 13.2 Å². The number of fused-ring (bicyclic) bond motifs is 3. The smallest absolute Gasteiger partial charge is 0.433 e. The van der Waals surface area contributed by atoms with Gasteiger partial charge in [0.05, 0.1) is 16.7 Å². The molecule has 3 aliphatic rings. The third-order valence-electron chi connectivity index (χ3n) is 6.77. The van der Waals surface area contributed by atoms with E-state index in [1.165, 1.54) is 18.2 Å². The summed E-state index contributed by atoms with van der Waals surface area (Å²) < 4.78 is 62.5. The molecule has 2 bridgehead atoms. The fraction of sp³-hybridized carbons (Fsp3) is 0.458. The van der Waals surface area contributed by atoms with Gasteiger partial charge in [-0.3, -0.25) is 14.6 Å². The van der Waals surface area contributed by atoms with Gasteiger partial charge < -0.3 is 25.2 Å². The van der Waals surface area contributed by atoms with Gasteiger partial charge in [0.1, 0.15) is 23.0 Å². The molecule has 13 heteroatoms. The van der Waals surface area contributed by atoms with Gasteiger partial charge in [0, 0.05) is 23.9 Å². The van der Waals surface area contributed by atoms with Gasteiger partial charge in [0.15, 0.2) is 13.2 Å². The molecule has 0 radical (unpaired) electrons. The highest BCUT2D eigenvalue weighted by atomic mass is 35.5. The number of nitrogens with zero attached hydrogens (tertiary/aromatic N) is 1. The molecule has 5 rings (SSSR count). The van der Waals surface area contributed by atoms with E-state index in [0.717, 1.165) is 12.3 Å². The first-order chi connectivity index (χ1) is 17.4. The quantitative estimate of drug-likeness (QED) is 0.439. The van der Waals surface area contributed by atoms with Gasteiger partial charge in [-0.25, -0.2) is 4.39 Å². The third-order valence-corrected chi connectivity index (χ3v) is 7.07. The normalized spacial score (nSPS) is 24.9. The molecular formula is C24H24ClF4N3O5. The molecular weight excluding hydrogens is 522 g/mol. The van der Waals surface area contributed by atoms with Gasteiger partial charge in [-0.1, -0.05) is 11.6 Å². The number of aliphatic hydroxyl groups is 1. The Kier molecular flexibility index (Phi) is 7.52. The molecule has 0 aliphatic heterocycles. The SMILES string of the molecule is O=C(COc1ccc(Cl)c(F)c1)NC12CCC(NC(=O)COc3ccnc(C(F)(F)F)c3)(CC1)[C@@H](O)C2. The molecule has 2 aromatic rings. The first-order valence-corrected chi connectivity index (χ1v) is 11.8. The minimum atomic E-state index is -4.64. The Morgan fingerprint density at radius 1 is 1.03 bits per heavy atom. The molecule has 1 atom stereocenters. The van der Waals surface area contributed by atoms with Crippen LogP contribution in [0.4, 0.5) is 17.6 Å². The van der Waals surface area contributed by atoms with Crippen LogP contribution >= 0.6 is 11.6 Å². The summed E-state index contributed by atoms with van der Waals surface area (Å²) in [5, 5.41) is 16.4. The van der Waals surface area contributed by atoms with Crippen LogP contribution in [0, 0.1) is 5.82 Å². The van der Waals surface area contributed by atoms with Gasteiger partial charge in [-0.05, 0) is 50.3 Å². The number of alkyl halides is 3. The molecule has 8 nitrogen and oxygen atoms in total. The van der Waals surface area contributed by atoms with Crippen molar-refractivity contribution < 1.29 is 41.7 Å². The van der Waals surface area contributed by atoms with Crippen molar-refractivity contribution in [1.29, 1.82) is 0 Å². The summed E-state index contributed by atoms with van der Waals surface area (Å²) in [6, 6.07) is 5.74. The number of hydrogen-bond acceptors (Lipinski definition) is 6. The Morgan fingerprint density at radius 3 is 2.24 bits per heavy atom. The molecule has 1 heterocycles. The van der Waals surface area contributed by atoms with Gasteiger partial charge in [0.2, 0.25) is 0 Å². The first kappa shape index (κ1) is 26.9. The van der Waals surface area contributed by atoms with Crippen LogP contribution in [0.25, 0.3) is 0 Å². The highest BCUT2D eigenvalue weighted by Gasteiger charge is 2.55. The molecule has 3 N–H and O–H groups in total. The summed E-state index contributed by atoms with van der Waals surface area (Å²) in [7, 11) is 0. The molecule has 3 saturated carbocycles. The summed E-state index contributed by atoms with van der Waals surface area (Å²) in [5.74, 6) is -1.71. The molecule has 1 aromatic heterocycles. The summed E-state index contributed by atoms with van der Waals surface area (Å²) in [4.78, 5) is 28.2. The Bertz CT molecular complexity index is 1170. The Hall–Kier alpha value is -3.12. The molecule has 1 aromatic carbocycles. The second-order valence-electron chi connectivity index (χ2n) is 9.28. The number of aromatic nitrogens is 1. The molecule has 3 aliphatic carbocycles. The van der Waals surface area contributed by atoms with Gasteiger partial charge in [0.25, 0.3) is 11.8 Å². The number of aliphatic hydroxyl groups excluding tert-OH is 1. The summed E-state index contributed by atoms with van der Waals surface area (Å²) >= 11 is 5.63. The second-order valence-corrected chi connectivity index (χ2v) is 9.69. The van der Waals surface area contributed by atoms with Crippen LogP contribution in [0.3, 0.4) is 0 Å². The zero-order chi connectivity index (χ0) is 26.8. The van der Waals surface area contributed by atoms with Crippen LogP contribution in [0.5, 0.6) is 11.5 Å². The number of hydrogen-bond donors (Lipinski definition) is 3. The van der Waals surface area contributed by atoms with Crippen molar-refractivity contribution in [1.82, 2.24) is 15.6 Å². The van der Waals surface area contributed by atoms with Crippen LogP contribution in [0.2, 0.25) is 5.02 Å². The monoisotopic (exact) mass is 545 g/mol. The second kappa shape index (κ2) is 10.3. The van der Waals surface area contributed by atoms with Gasteiger partial charge in [-0.2, -0.15) is 13.2 Å². The van der Waals surface area contributed by atoms with E-state index in [0.29, 0.717) is 31.7 Å². The fourth-order valence-corrected chi connectivity index (χ4v) is 4.95. The lowest BCUT2D eigenvalue weighted by Gasteiger charge is -2.56. The lowest BCUT2D eigenvalue weighted by Crippen LogP contribution is -2.70. The summed E-state index contributed by atoms with van der Waals surface area (Å²) in [6.45, 7) is -0.899. The first-order valence-electron chi connectivity index (χ1n) is 11.4. The molecule has 2 amide bonds. The van der Waals surface area contributed by atoms with E-state index in [1.54, 1.807) is 0 Å². The fourth-order valence-electron chi connectivity index (χ4n) is 4.83. The van der Waals surface area contributed by atoms with Crippen LogP contribution in [0.1, 0.15) is 37.8 Å². The minimum absolute atomic E-state index is 0.0656. The van der Waals surface area contributed by atoms with E-state index in [-0.39, 0.29) is 29.5 Å². The van der Waals surface area contributed by atoms with Crippen LogP contribution < -0.4 is 20.1 Å². The Balaban J connectivity index is 1.28. The predicted molar refractivity (Wildman–Crippen MR) is 122 cm³/mol. The van der Waals surface area contributed by atoms with Crippen molar-refractivity contribution in [2.45, 2.75) is 55.5 Å². The number of carbonyl (C=O) groups excluding carboxylic acids is 2. The Morgan fingerprint density at radius 2 is 1.65 bits per heavy atom. The van der Waals surface area contributed by atoms with Crippen LogP contribution in [0.15, 0.2) is 36.5 Å². The summed E-state index contributed by atoms with van der Waals surface area (Å²) in [5.41, 5.74) is -2.75. The largest absolute Gasteiger partial charge is 0.484 e. The molecule has 0 saturated heterocycles. The van der Waals surface area contributed by atoms with Gasteiger partial charge in [-0.15, -0.1) is 0 Å². The van der Waals surface area contributed by atoms with E-state index >= 15 is 0 Å². The van der Waals surface area contributed by atoms with Crippen molar-refractivity contribution in [2.24, 2.45) is 0 Å². The van der Waals surface area contributed by atoms with Crippen molar-refractivity contribution >= 4 is 23.4 Å². The number of ether oxygens (including phenoxy) is 2. The number of benzene rings is 1. The van der Waals surface area contributed by atoms with E-state index in [2.05, 4.69) is 15.6 Å². The number of nitrogens with one attached hydrogen (secondary N) is 2. The average Bonchev–Trinajstić information content (AvgIpc) is 2.84. The van der Waals surface area contributed by atoms with E-state index in [4.69, 9.17) is 21.1 Å². The van der Waals surface area contributed by atoms with E-state index in [1.807, 2.05) is 0 Å². The van der Waals surface area contributed by atoms with Crippen molar-refractivity contribution in [3.8, 4) is 11.5 Å². The molecule has 0 unspecified atom stereocenters. The van der Waals surface area contributed by atoms with Crippen molar-refractivity contribution in [3.05, 3.63) is 53.1 Å². The lowest BCUT2D eigenvalue weighted by molar-refractivity contribution is -0.141. The average molecular weight is 546 g/mol. The number of pyridine rings is 1. The topological polar surface area (TPSA) is 110 Å². The highest BCUT2D eigenvalue weighted by Crippen LogP contribution is 2.47. The van der Waals surface area contributed by atoms with Crippen LogP contribution in [-0.2, 0) is 15.8 Å². The number of rotatable bonds is 8. The standard InChI is InChI=1S/C24H24ClF4N3O5/c25-16-2-1-14(9-17(16)26)36-12-20(34)31-22-4-6-23(7-5-22,19(33)11-22)32-21(35)13-37-15-3-8-30-18(10-15)24(27,28)29/h1-3,8-10,19,33H,4-7,11-13H2,(H,31,34)(H,32,35)/t19-,22?,23?/m0/s1. The zero-order valence-electron chi connectivity index (χ0n) is 19.4. The lowest BCUT2D eigenvalue weighted by atomic mass is 9.60. The predicted octanol–water partition coefficient (Wildman–Crippen LogP) is 3.40. The number of halogens is 5. The number of carbonyl (C=O) groups is 2. The summed E-state index contributed by atoms with van der Waals surface area (Å²) in [6.07, 6.45) is -2.78. The number of amides is 2. The molecule has 200 valence electrons. The third kappa shape index (κ3) is 6.24. The Labute approximate surface area is 214 Å². The zero-order valence-corrected chi connectivity index (χ0v) is 20.2.